The van der Waals surface area contributed by atoms with Gasteiger partial charge in [0.05, 0.1) is 17.8 Å². The standard InChI is InChI=1S/C20H29ClO3S/c21-18-13-19(22)17(11-6-9-15-7-2-1-3-8-15)16(18)10-4-5-12-25-14-20(23)24/h4-5,15-19,22H,1-3,7-10,12-14H2,(H,23,24)/b5-4-/t16?,17?,18-,19-/m0/s1. The van der Waals surface area contributed by atoms with Crippen molar-refractivity contribution >= 4 is 29.3 Å². The molecule has 0 spiro atoms. The van der Waals surface area contributed by atoms with E-state index in [9.17, 15) is 9.90 Å². The molecule has 0 amide bonds. The van der Waals surface area contributed by atoms with E-state index in [4.69, 9.17) is 16.7 Å². The van der Waals surface area contributed by atoms with E-state index in [1.165, 1.54) is 43.9 Å². The fourth-order valence-electron chi connectivity index (χ4n) is 3.81. The molecule has 0 bridgehead atoms. The van der Waals surface area contributed by atoms with Crippen molar-refractivity contribution in [1.82, 2.24) is 0 Å². The summed E-state index contributed by atoms with van der Waals surface area (Å²) in [6.45, 7) is 0. The van der Waals surface area contributed by atoms with Gasteiger partial charge in [-0.05, 0) is 37.5 Å². The van der Waals surface area contributed by atoms with Crippen LogP contribution in [0.15, 0.2) is 12.2 Å². The van der Waals surface area contributed by atoms with E-state index in [1.807, 2.05) is 6.08 Å². The molecule has 2 saturated carbocycles. The summed E-state index contributed by atoms with van der Waals surface area (Å²) in [6, 6.07) is 0. The molecule has 5 heteroatoms. The fraction of sp³-hybridized carbons (Fsp3) is 0.750. The maximum Gasteiger partial charge on any atom is 0.313 e. The molecule has 25 heavy (non-hydrogen) atoms. The number of aliphatic hydroxyl groups is 1. The summed E-state index contributed by atoms with van der Waals surface area (Å²) < 4.78 is 0. The second-order valence-electron chi connectivity index (χ2n) is 7.15. The monoisotopic (exact) mass is 384 g/mol. The molecule has 2 N–H and O–H groups in total. The first kappa shape index (κ1) is 20.7. The Balaban J connectivity index is 1.80. The van der Waals surface area contributed by atoms with Crippen molar-refractivity contribution < 1.29 is 15.0 Å². The lowest BCUT2D eigenvalue weighted by Gasteiger charge is -2.19. The first-order valence-electron chi connectivity index (χ1n) is 9.33. The number of aliphatic carboxylic acids is 1. The third-order valence-electron chi connectivity index (χ3n) is 5.21. The van der Waals surface area contributed by atoms with Crippen LogP contribution in [-0.2, 0) is 4.79 Å². The highest BCUT2D eigenvalue weighted by atomic mass is 35.5. The summed E-state index contributed by atoms with van der Waals surface area (Å²) in [5.41, 5.74) is 0. The van der Waals surface area contributed by atoms with E-state index >= 15 is 0 Å². The number of carbonyl (C=O) groups is 1. The van der Waals surface area contributed by atoms with Gasteiger partial charge in [0.25, 0.3) is 0 Å². The highest BCUT2D eigenvalue weighted by Gasteiger charge is 2.39. The number of alkyl halides is 1. The molecule has 0 radical (unpaired) electrons. The highest BCUT2D eigenvalue weighted by molar-refractivity contribution is 8.00. The number of hydrogen-bond acceptors (Lipinski definition) is 3. The van der Waals surface area contributed by atoms with Crippen LogP contribution in [0.1, 0.15) is 51.4 Å². The summed E-state index contributed by atoms with van der Waals surface area (Å²) in [6.07, 6.45) is 12.6. The van der Waals surface area contributed by atoms with Crippen molar-refractivity contribution in [2.24, 2.45) is 17.8 Å². The van der Waals surface area contributed by atoms with Crippen LogP contribution in [0.2, 0.25) is 0 Å². The quantitative estimate of drug-likeness (QED) is 0.297. The first-order valence-corrected chi connectivity index (χ1v) is 10.9. The number of aliphatic hydroxyl groups excluding tert-OH is 1. The number of rotatable bonds is 7. The number of thioether (sulfide) groups is 1. The van der Waals surface area contributed by atoms with E-state index in [1.54, 1.807) is 0 Å². The lowest BCUT2D eigenvalue weighted by molar-refractivity contribution is -0.133. The smallest absolute Gasteiger partial charge is 0.313 e. The Kier molecular flexibility index (Phi) is 9.23. The summed E-state index contributed by atoms with van der Waals surface area (Å²) in [4.78, 5) is 10.5. The molecule has 2 rings (SSSR count). The third kappa shape index (κ3) is 7.25. The summed E-state index contributed by atoms with van der Waals surface area (Å²) in [5.74, 6) is 7.56. The number of hydrogen-bond donors (Lipinski definition) is 2. The van der Waals surface area contributed by atoms with Crippen molar-refractivity contribution in [2.45, 2.75) is 62.8 Å². The fourth-order valence-corrected chi connectivity index (χ4v) is 4.81. The Labute approximate surface area is 160 Å². The molecular formula is C20H29ClO3S. The third-order valence-corrected chi connectivity index (χ3v) is 6.59. The minimum Gasteiger partial charge on any atom is -0.481 e. The van der Waals surface area contributed by atoms with E-state index in [2.05, 4.69) is 17.9 Å². The van der Waals surface area contributed by atoms with Crippen molar-refractivity contribution in [3.8, 4) is 11.8 Å². The Bertz CT molecular complexity index is 505. The predicted molar refractivity (Wildman–Crippen MR) is 105 cm³/mol. The van der Waals surface area contributed by atoms with Crippen LogP contribution in [0.3, 0.4) is 0 Å². The molecule has 0 aromatic heterocycles. The van der Waals surface area contributed by atoms with Crippen LogP contribution >= 0.6 is 23.4 Å². The normalized spacial score (nSPS) is 30.3. The Morgan fingerprint density at radius 3 is 2.72 bits per heavy atom. The first-order chi connectivity index (χ1) is 12.1. The van der Waals surface area contributed by atoms with Crippen molar-refractivity contribution in [2.75, 3.05) is 11.5 Å². The summed E-state index contributed by atoms with van der Waals surface area (Å²) >= 11 is 7.81. The van der Waals surface area contributed by atoms with E-state index in [0.29, 0.717) is 12.2 Å². The van der Waals surface area contributed by atoms with Gasteiger partial charge in [0, 0.05) is 17.6 Å². The van der Waals surface area contributed by atoms with Gasteiger partial charge in [0.1, 0.15) is 0 Å². The molecule has 0 aliphatic heterocycles. The van der Waals surface area contributed by atoms with Crippen molar-refractivity contribution in [3.63, 3.8) is 0 Å². The molecule has 0 aromatic rings. The minimum atomic E-state index is -0.786. The van der Waals surface area contributed by atoms with Gasteiger partial charge in [-0.1, -0.05) is 37.3 Å². The maximum absolute atomic E-state index is 10.5. The molecule has 0 aromatic carbocycles. The lowest BCUT2D eigenvalue weighted by atomic mass is 9.86. The Morgan fingerprint density at radius 2 is 2.00 bits per heavy atom. The van der Waals surface area contributed by atoms with Crippen LogP contribution in [0, 0.1) is 29.6 Å². The van der Waals surface area contributed by atoms with E-state index in [-0.39, 0.29) is 23.0 Å². The molecule has 3 nitrogen and oxygen atoms in total. The molecule has 2 aliphatic rings. The lowest BCUT2D eigenvalue weighted by Crippen LogP contribution is -2.18. The number of halogens is 1. The number of allylic oxidation sites excluding steroid dienone is 1. The highest BCUT2D eigenvalue weighted by Crippen LogP contribution is 2.38. The Hall–Kier alpha value is -0.630. The van der Waals surface area contributed by atoms with Crippen molar-refractivity contribution in [1.29, 1.82) is 0 Å². The molecule has 2 aliphatic carbocycles. The average molecular weight is 385 g/mol. The van der Waals surface area contributed by atoms with Gasteiger partial charge in [0.2, 0.25) is 0 Å². The molecule has 2 unspecified atom stereocenters. The van der Waals surface area contributed by atoms with E-state index in [0.717, 1.165) is 18.8 Å². The zero-order valence-corrected chi connectivity index (χ0v) is 16.3. The zero-order valence-electron chi connectivity index (χ0n) is 14.7. The number of carboxylic acids is 1. The zero-order chi connectivity index (χ0) is 18.1. The average Bonchev–Trinajstić information content (AvgIpc) is 2.85. The second kappa shape index (κ2) is 11.2. The van der Waals surface area contributed by atoms with Crippen molar-refractivity contribution in [3.05, 3.63) is 12.2 Å². The molecular weight excluding hydrogens is 356 g/mol. The van der Waals surface area contributed by atoms with Crippen LogP contribution < -0.4 is 0 Å². The SMILES string of the molecule is O=C(O)CSC/C=C\CC1C(C#CCC2CCCCC2)[C@@H](O)C[C@@H]1Cl. The van der Waals surface area contributed by atoms with Gasteiger partial charge >= 0.3 is 5.97 Å². The van der Waals surface area contributed by atoms with E-state index < -0.39 is 12.1 Å². The van der Waals surface area contributed by atoms with Gasteiger partial charge in [-0.25, -0.2) is 0 Å². The Morgan fingerprint density at radius 1 is 1.24 bits per heavy atom. The van der Waals surface area contributed by atoms with Gasteiger partial charge in [-0.15, -0.1) is 29.3 Å². The summed E-state index contributed by atoms with van der Waals surface area (Å²) in [5, 5.41) is 18.9. The second-order valence-corrected chi connectivity index (χ2v) is 8.74. The van der Waals surface area contributed by atoms with Gasteiger partial charge in [-0.2, -0.15) is 0 Å². The maximum atomic E-state index is 10.5. The topological polar surface area (TPSA) is 57.5 Å². The van der Waals surface area contributed by atoms with Gasteiger partial charge < -0.3 is 10.2 Å². The molecule has 0 heterocycles. The number of carboxylic acid groups (broad SMARTS) is 1. The van der Waals surface area contributed by atoms with Crippen LogP contribution in [0.4, 0.5) is 0 Å². The molecule has 2 fully saturated rings. The van der Waals surface area contributed by atoms with Crippen LogP contribution in [0.25, 0.3) is 0 Å². The van der Waals surface area contributed by atoms with Crippen LogP contribution in [0.5, 0.6) is 0 Å². The molecule has 4 atom stereocenters. The largest absolute Gasteiger partial charge is 0.481 e. The molecule has 0 saturated heterocycles. The van der Waals surface area contributed by atoms with Gasteiger partial charge in [-0.3, -0.25) is 4.79 Å². The van der Waals surface area contributed by atoms with Gasteiger partial charge in [0.15, 0.2) is 0 Å². The molecule has 140 valence electrons. The predicted octanol–water partition coefficient (Wildman–Crippen LogP) is 4.33. The minimum absolute atomic E-state index is 0.0394. The van der Waals surface area contributed by atoms with Crippen LogP contribution in [-0.4, -0.2) is 39.2 Å². The summed E-state index contributed by atoms with van der Waals surface area (Å²) in [7, 11) is 0.